The van der Waals surface area contributed by atoms with E-state index in [9.17, 15) is 9.59 Å². The summed E-state index contributed by atoms with van der Waals surface area (Å²) < 4.78 is 1.68. The van der Waals surface area contributed by atoms with Crippen molar-refractivity contribution in [3.05, 3.63) is 65.4 Å². The first-order valence-corrected chi connectivity index (χ1v) is 8.65. The van der Waals surface area contributed by atoms with Crippen molar-refractivity contribution in [3.63, 3.8) is 0 Å². The number of nitrogens with zero attached hydrogens (tertiary/aromatic N) is 4. The molecular formula is C21H17N5O2. The first-order chi connectivity index (χ1) is 13.4. The molecule has 2 heterocycles. The number of carbonyl (C=O) groups is 2. The van der Waals surface area contributed by atoms with Gasteiger partial charge >= 0.3 is 0 Å². The predicted octanol–water partition coefficient (Wildman–Crippen LogP) is 2.37. The molecule has 3 aromatic rings. The zero-order valence-corrected chi connectivity index (χ0v) is 15.3. The maximum absolute atomic E-state index is 12.7. The first kappa shape index (κ1) is 17.5. The molecule has 2 aromatic carbocycles. The van der Waals surface area contributed by atoms with E-state index in [0.717, 1.165) is 22.2 Å². The number of aromatic nitrogens is 2. The number of rotatable bonds is 4. The van der Waals surface area contributed by atoms with E-state index in [-0.39, 0.29) is 12.5 Å². The summed E-state index contributed by atoms with van der Waals surface area (Å²) in [6, 6.07) is 11.2. The molecular weight excluding hydrogens is 354 g/mol. The number of fused-ring (bicyclic) bond motifs is 2. The van der Waals surface area contributed by atoms with Crippen LogP contribution < -0.4 is 5.73 Å². The molecule has 0 spiro atoms. The molecule has 2 N–H and O–H groups in total. The first-order valence-electron chi connectivity index (χ1n) is 8.65. The largest absolute Gasteiger partial charge is 0.366 e. The Morgan fingerprint density at radius 3 is 2.82 bits per heavy atom. The molecule has 7 heteroatoms. The Morgan fingerprint density at radius 2 is 2.11 bits per heavy atom. The molecule has 1 aromatic heterocycles. The molecule has 0 radical (unpaired) electrons. The van der Waals surface area contributed by atoms with E-state index in [1.54, 1.807) is 35.0 Å². The lowest BCUT2D eigenvalue weighted by Gasteiger charge is -2.14. The Kier molecular flexibility index (Phi) is 3.97. The second kappa shape index (κ2) is 6.35. The van der Waals surface area contributed by atoms with Gasteiger partial charge < -0.3 is 10.6 Å². The average Bonchev–Trinajstić information content (AvgIpc) is 3.21. The van der Waals surface area contributed by atoms with Gasteiger partial charge in [0.05, 0.1) is 29.9 Å². The van der Waals surface area contributed by atoms with Crippen LogP contribution in [0.5, 0.6) is 0 Å². The number of benzene rings is 2. The number of amides is 2. The molecule has 0 bridgehead atoms. The van der Waals surface area contributed by atoms with Crippen molar-refractivity contribution in [2.24, 2.45) is 12.8 Å². The van der Waals surface area contributed by atoms with Gasteiger partial charge in [0, 0.05) is 30.1 Å². The lowest BCUT2D eigenvalue weighted by molar-refractivity contribution is 0.0793. The maximum Gasteiger partial charge on any atom is 0.254 e. The smallest absolute Gasteiger partial charge is 0.254 e. The second-order valence-corrected chi connectivity index (χ2v) is 6.80. The standard InChI is InChI=1S/C21H17N5O2/c1-12(8-22)10-26-11-18-14(4-3-5-15(18)21(26)28)13-6-16(20(23)27)17-9-24-25(2)19(17)7-13/h3-7,9H,1,10-11H2,2H3,(H2,23,27). The number of carbonyl (C=O) groups excluding carboxylic acids is 2. The Hall–Kier alpha value is -3.92. The van der Waals surface area contributed by atoms with Crippen LogP contribution in [0.25, 0.3) is 22.0 Å². The van der Waals surface area contributed by atoms with Crippen molar-refractivity contribution >= 4 is 22.7 Å². The van der Waals surface area contributed by atoms with Crippen LogP contribution in [0.15, 0.2) is 48.7 Å². The molecule has 2 amide bonds. The van der Waals surface area contributed by atoms with Crippen molar-refractivity contribution in [1.82, 2.24) is 14.7 Å². The van der Waals surface area contributed by atoms with Crippen molar-refractivity contribution < 1.29 is 9.59 Å². The molecule has 138 valence electrons. The summed E-state index contributed by atoms with van der Waals surface area (Å²) in [6.45, 7) is 4.23. The Morgan fingerprint density at radius 1 is 1.36 bits per heavy atom. The molecule has 4 rings (SSSR count). The predicted molar refractivity (Wildman–Crippen MR) is 104 cm³/mol. The molecule has 1 aliphatic rings. The highest BCUT2D eigenvalue weighted by Gasteiger charge is 2.30. The quantitative estimate of drug-likeness (QED) is 0.711. The van der Waals surface area contributed by atoms with Crippen molar-refractivity contribution in [3.8, 4) is 17.2 Å². The van der Waals surface area contributed by atoms with E-state index in [0.29, 0.717) is 28.6 Å². The minimum absolute atomic E-state index is 0.134. The number of aryl methyl sites for hydroxylation is 1. The van der Waals surface area contributed by atoms with Gasteiger partial charge in [-0.2, -0.15) is 10.4 Å². The fraction of sp³-hybridized carbons (Fsp3) is 0.143. The summed E-state index contributed by atoms with van der Waals surface area (Å²) in [5, 5.41) is 13.9. The van der Waals surface area contributed by atoms with Crippen LogP contribution in [0.3, 0.4) is 0 Å². The average molecular weight is 371 g/mol. The molecule has 0 atom stereocenters. The van der Waals surface area contributed by atoms with E-state index < -0.39 is 5.91 Å². The number of hydrogen-bond donors (Lipinski definition) is 1. The molecule has 0 saturated heterocycles. The third-order valence-electron chi connectivity index (χ3n) is 5.03. The third kappa shape index (κ3) is 2.63. The van der Waals surface area contributed by atoms with Crippen molar-refractivity contribution in [1.29, 1.82) is 5.26 Å². The SMILES string of the molecule is C=C(C#N)CN1Cc2c(cccc2-c2cc(C(N)=O)c3cnn(C)c3c2)C1=O. The molecule has 0 fully saturated rings. The Balaban J connectivity index is 1.87. The third-order valence-corrected chi connectivity index (χ3v) is 5.03. The van der Waals surface area contributed by atoms with Gasteiger partial charge in [-0.1, -0.05) is 18.7 Å². The number of primary amides is 1. The maximum atomic E-state index is 12.7. The number of nitriles is 1. The molecule has 7 nitrogen and oxygen atoms in total. The zero-order chi connectivity index (χ0) is 20.0. The summed E-state index contributed by atoms with van der Waals surface area (Å²) in [5.41, 5.74) is 10.2. The van der Waals surface area contributed by atoms with Crippen LogP contribution in [0.4, 0.5) is 0 Å². The van der Waals surface area contributed by atoms with Crippen LogP contribution in [0.1, 0.15) is 26.3 Å². The second-order valence-electron chi connectivity index (χ2n) is 6.80. The normalized spacial score (nSPS) is 12.9. The van der Waals surface area contributed by atoms with E-state index >= 15 is 0 Å². The highest BCUT2D eigenvalue weighted by atomic mass is 16.2. The van der Waals surface area contributed by atoms with Crippen LogP contribution in [0, 0.1) is 11.3 Å². The molecule has 0 saturated carbocycles. The van der Waals surface area contributed by atoms with E-state index in [4.69, 9.17) is 11.0 Å². The van der Waals surface area contributed by atoms with Crippen molar-refractivity contribution in [2.45, 2.75) is 6.54 Å². The topological polar surface area (TPSA) is 105 Å². The van der Waals surface area contributed by atoms with Gasteiger partial charge in [-0.15, -0.1) is 0 Å². The summed E-state index contributed by atoms with van der Waals surface area (Å²) in [7, 11) is 1.80. The summed E-state index contributed by atoms with van der Waals surface area (Å²) in [6.07, 6.45) is 1.62. The van der Waals surface area contributed by atoms with E-state index in [1.165, 1.54) is 0 Å². The summed E-state index contributed by atoms with van der Waals surface area (Å²) in [5.74, 6) is -0.666. The van der Waals surface area contributed by atoms with E-state index in [1.807, 2.05) is 24.3 Å². The lowest BCUT2D eigenvalue weighted by atomic mass is 9.94. The zero-order valence-electron chi connectivity index (χ0n) is 15.3. The van der Waals surface area contributed by atoms with Gasteiger partial charge in [0.1, 0.15) is 0 Å². The number of hydrogen-bond acceptors (Lipinski definition) is 4. The Labute approximate surface area is 161 Å². The van der Waals surface area contributed by atoms with Crippen molar-refractivity contribution in [2.75, 3.05) is 6.54 Å². The minimum Gasteiger partial charge on any atom is -0.366 e. The van der Waals surface area contributed by atoms with Gasteiger partial charge in [-0.05, 0) is 34.9 Å². The van der Waals surface area contributed by atoms with Gasteiger partial charge in [-0.25, -0.2) is 0 Å². The van der Waals surface area contributed by atoms with Crippen LogP contribution >= 0.6 is 0 Å². The lowest BCUT2D eigenvalue weighted by Crippen LogP contribution is -2.25. The Bertz CT molecular complexity index is 1220. The van der Waals surface area contributed by atoms with Gasteiger partial charge in [0.2, 0.25) is 5.91 Å². The van der Waals surface area contributed by atoms with E-state index in [2.05, 4.69) is 11.7 Å². The molecule has 0 aliphatic carbocycles. The molecule has 0 unspecified atom stereocenters. The van der Waals surface area contributed by atoms with Crippen LogP contribution in [-0.2, 0) is 13.6 Å². The molecule has 28 heavy (non-hydrogen) atoms. The van der Waals surface area contributed by atoms with Gasteiger partial charge in [0.25, 0.3) is 5.91 Å². The monoisotopic (exact) mass is 371 g/mol. The summed E-state index contributed by atoms with van der Waals surface area (Å²) in [4.78, 5) is 26.3. The fourth-order valence-electron chi connectivity index (χ4n) is 3.66. The summed E-state index contributed by atoms with van der Waals surface area (Å²) >= 11 is 0. The minimum atomic E-state index is -0.532. The highest BCUT2D eigenvalue weighted by molar-refractivity contribution is 6.08. The van der Waals surface area contributed by atoms with Crippen LogP contribution in [0.2, 0.25) is 0 Å². The van der Waals surface area contributed by atoms with Gasteiger partial charge in [0.15, 0.2) is 0 Å². The molecule has 1 aliphatic heterocycles. The fourth-order valence-corrected chi connectivity index (χ4v) is 3.66. The highest BCUT2D eigenvalue weighted by Crippen LogP contribution is 2.35. The number of nitrogens with two attached hydrogens (primary N) is 1. The van der Waals surface area contributed by atoms with Gasteiger partial charge in [-0.3, -0.25) is 14.3 Å². The van der Waals surface area contributed by atoms with Crippen LogP contribution in [-0.4, -0.2) is 33.0 Å².